The van der Waals surface area contributed by atoms with E-state index in [-0.39, 0.29) is 10.2 Å². The van der Waals surface area contributed by atoms with Crippen LogP contribution < -0.4 is 15.4 Å². The first-order valence-electron chi connectivity index (χ1n) is 6.05. The molecule has 1 aromatic carbocycles. The van der Waals surface area contributed by atoms with E-state index in [2.05, 4.69) is 15.6 Å². The zero-order valence-electron chi connectivity index (χ0n) is 11.6. The minimum atomic E-state index is -4.46. The lowest BCUT2D eigenvalue weighted by atomic mass is 10.2. The molecule has 0 aliphatic carbocycles. The van der Waals surface area contributed by atoms with E-state index in [1.54, 1.807) is 19.2 Å². The number of alkyl halides is 3. The van der Waals surface area contributed by atoms with Gasteiger partial charge in [0.05, 0.1) is 7.11 Å². The smallest absolute Gasteiger partial charge is 0.434 e. The topological polar surface area (TPSA) is 46.2 Å². The van der Waals surface area contributed by atoms with Gasteiger partial charge in [0.2, 0.25) is 0 Å². The Morgan fingerprint density at radius 1 is 1.32 bits per heavy atom. The average Bonchev–Trinajstić information content (AvgIpc) is 2.89. The average molecular weight is 347 g/mol. The molecule has 0 saturated heterocycles. The Hall–Kier alpha value is -1.87. The Kier molecular flexibility index (Phi) is 4.87. The van der Waals surface area contributed by atoms with Crippen molar-refractivity contribution in [3.63, 3.8) is 0 Å². The van der Waals surface area contributed by atoms with Crippen molar-refractivity contribution in [3.8, 4) is 5.75 Å². The van der Waals surface area contributed by atoms with Crippen molar-refractivity contribution in [1.29, 1.82) is 0 Å². The molecule has 2 aromatic rings. The molecule has 22 heavy (non-hydrogen) atoms. The molecule has 0 fully saturated rings. The number of thiocarbonyl (C=S) groups is 1. The summed E-state index contributed by atoms with van der Waals surface area (Å²) in [4.78, 5) is 3.45. The van der Waals surface area contributed by atoms with Crippen LogP contribution in [-0.2, 0) is 6.18 Å². The first kappa shape index (κ1) is 16.5. The molecule has 2 rings (SSSR count). The summed E-state index contributed by atoms with van der Waals surface area (Å²) in [6.45, 7) is 1.86. The van der Waals surface area contributed by atoms with Gasteiger partial charge in [-0.05, 0) is 42.9 Å². The van der Waals surface area contributed by atoms with Crippen LogP contribution in [0.1, 0.15) is 11.3 Å². The van der Waals surface area contributed by atoms with Crippen molar-refractivity contribution < 1.29 is 17.9 Å². The van der Waals surface area contributed by atoms with Gasteiger partial charge in [-0.2, -0.15) is 13.2 Å². The van der Waals surface area contributed by atoms with Crippen LogP contribution in [0.3, 0.4) is 0 Å². The Morgan fingerprint density at radius 3 is 2.59 bits per heavy atom. The number of thiazole rings is 1. The van der Waals surface area contributed by atoms with Crippen LogP contribution in [0.2, 0.25) is 0 Å². The summed E-state index contributed by atoms with van der Waals surface area (Å²) in [5, 5.41) is 6.72. The Morgan fingerprint density at radius 2 is 2.05 bits per heavy atom. The molecule has 0 saturated carbocycles. The molecular weight excluding hydrogens is 335 g/mol. The van der Waals surface area contributed by atoms with Gasteiger partial charge in [0.1, 0.15) is 5.75 Å². The van der Waals surface area contributed by atoms with Gasteiger partial charge < -0.3 is 15.4 Å². The number of hydrogen-bond donors (Lipinski definition) is 2. The van der Waals surface area contributed by atoms with Crippen LogP contribution in [0.25, 0.3) is 0 Å². The third kappa shape index (κ3) is 4.08. The summed E-state index contributed by atoms with van der Waals surface area (Å²) in [5.74, 6) is 0.705. The number of anilines is 2. The molecule has 9 heteroatoms. The number of halogens is 3. The maximum Gasteiger partial charge on any atom is 0.434 e. The second-order valence-electron chi connectivity index (χ2n) is 4.30. The summed E-state index contributed by atoms with van der Waals surface area (Å²) < 4.78 is 42.5. The highest BCUT2D eigenvalue weighted by Gasteiger charge is 2.33. The van der Waals surface area contributed by atoms with Crippen LogP contribution >= 0.6 is 23.6 Å². The second kappa shape index (κ2) is 6.49. The van der Waals surface area contributed by atoms with Crippen LogP contribution in [-0.4, -0.2) is 17.2 Å². The number of nitrogens with zero attached hydrogens (tertiary/aromatic N) is 1. The van der Waals surface area contributed by atoms with Gasteiger partial charge >= 0.3 is 6.18 Å². The molecule has 0 amide bonds. The quantitative estimate of drug-likeness (QED) is 0.811. The van der Waals surface area contributed by atoms with Crippen molar-refractivity contribution >= 4 is 39.5 Å². The number of ether oxygens (including phenoxy) is 1. The molecule has 0 atom stereocenters. The van der Waals surface area contributed by atoms with Crippen molar-refractivity contribution in [2.75, 3.05) is 17.7 Å². The number of benzene rings is 1. The van der Waals surface area contributed by atoms with Crippen LogP contribution in [0, 0.1) is 6.92 Å². The molecule has 118 valence electrons. The monoisotopic (exact) mass is 347 g/mol. The summed E-state index contributed by atoms with van der Waals surface area (Å²) in [5.41, 5.74) is 0.674. The Balaban J connectivity index is 2.03. The normalized spacial score (nSPS) is 11.1. The molecule has 1 heterocycles. The summed E-state index contributed by atoms with van der Waals surface area (Å²) in [6.07, 6.45) is -4.46. The van der Waals surface area contributed by atoms with E-state index in [1.165, 1.54) is 0 Å². The molecule has 1 aromatic heterocycles. The van der Waals surface area contributed by atoms with E-state index < -0.39 is 11.9 Å². The maximum absolute atomic E-state index is 12.5. The lowest BCUT2D eigenvalue weighted by Gasteiger charge is -2.12. The number of hydrogen-bond acceptors (Lipinski definition) is 4. The largest absolute Gasteiger partial charge is 0.497 e. The Bertz CT molecular complexity index is 685. The first-order chi connectivity index (χ1) is 10.3. The van der Waals surface area contributed by atoms with Crippen molar-refractivity contribution in [3.05, 3.63) is 34.8 Å². The fourth-order valence-corrected chi connectivity index (χ4v) is 2.61. The third-order valence-electron chi connectivity index (χ3n) is 2.70. The van der Waals surface area contributed by atoms with Crippen LogP contribution in [0.15, 0.2) is 23.6 Å². The number of aromatic nitrogens is 1. The zero-order valence-corrected chi connectivity index (χ0v) is 13.2. The maximum atomic E-state index is 12.5. The highest BCUT2D eigenvalue weighted by molar-refractivity contribution is 7.80. The predicted molar refractivity (Wildman–Crippen MR) is 84.7 cm³/mol. The van der Waals surface area contributed by atoms with Crippen molar-refractivity contribution in [2.45, 2.75) is 13.1 Å². The van der Waals surface area contributed by atoms with Gasteiger partial charge in [0, 0.05) is 11.1 Å². The molecule has 0 aliphatic rings. The Labute approximate surface area is 134 Å². The first-order valence-corrected chi connectivity index (χ1v) is 7.34. The van der Waals surface area contributed by atoms with Crippen LogP contribution in [0.4, 0.5) is 24.0 Å². The standard InChI is InChI=1S/C13H12F3N3OS2/c1-7-5-8(20-2)3-4-9(7)17-11(21)19-12-18-10(6-22-12)13(14,15)16/h3-6H,1-2H3,(H2,17,18,19,21). The van der Waals surface area contributed by atoms with E-state index >= 15 is 0 Å². The second-order valence-corrected chi connectivity index (χ2v) is 5.56. The van der Waals surface area contributed by atoms with Gasteiger partial charge in [-0.3, -0.25) is 0 Å². The molecule has 4 nitrogen and oxygen atoms in total. The highest BCUT2D eigenvalue weighted by atomic mass is 32.1. The van der Waals surface area contributed by atoms with Gasteiger partial charge in [0.25, 0.3) is 0 Å². The van der Waals surface area contributed by atoms with Crippen molar-refractivity contribution in [2.24, 2.45) is 0 Å². The fourth-order valence-electron chi connectivity index (χ4n) is 1.62. The summed E-state index contributed by atoms with van der Waals surface area (Å²) in [6, 6.07) is 5.34. The van der Waals surface area contributed by atoms with E-state index in [9.17, 15) is 13.2 Å². The number of rotatable bonds is 3. The lowest BCUT2D eigenvalue weighted by molar-refractivity contribution is -0.140. The number of aryl methyl sites for hydroxylation is 1. The van der Waals surface area contributed by atoms with E-state index in [0.717, 1.165) is 28.0 Å². The summed E-state index contributed by atoms with van der Waals surface area (Å²) >= 11 is 5.91. The molecule has 0 spiro atoms. The van der Waals surface area contributed by atoms with Crippen molar-refractivity contribution in [1.82, 2.24) is 4.98 Å². The summed E-state index contributed by atoms with van der Waals surface area (Å²) in [7, 11) is 1.56. The fraction of sp³-hybridized carbons (Fsp3) is 0.231. The highest BCUT2D eigenvalue weighted by Crippen LogP contribution is 2.31. The van der Waals surface area contributed by atoms with Gasteiger partial charge in [-0.25, -0.2) is 4.98 Å². The zero-order chi connectivity index (χ0) is 16.3. The predicted octanol–water partition coefficient (Wildman–Crippen LogP) is 4.29. The number of methoxy groups -OCH3 is 1. The van der Waals surface area contributed by atoms with E-state index in [0.29, 0.717) is 5.75 Å². The van der Waals surface area contributed by atoms with Gasteiger partial charge in [0.15, 0.2) is 15.9 Å². The molecule has 2 N–H and O–H groups in total. The minimum absolute atomic E-state index is 0.0796. The minimum Gasteiger partial charge on any atom is -0.497 e. The van der Waals surface area contributed by atoms with Gasteiger partial charge in [-0.15, -0.1) is 11.3 Å². The number of nitrogens with one attached hydrogen (secondary N) is 2. The molecule has 0 bridgehead atoms. The molecule has 0 unspecified atom stereocenters. The molecule has 0 radical (unpaired) electrons. The van der Waals surface area contributed by atoms with Gasteiger partial charge in [-0.1, -0.05) is 0 Å². The third-order valence-corrected chi connectivity index (χ3v) is 3.66. The van der Waals surface area contributed by atoms with E-state index in [1.807, 2.05) is 13.0 Å². The van der Waals surface area contributed by atoms with E-state index in [4.69, 9.17) is 17.0 Å². The lowest BCUT2D eigenvalue weighted by Crippen LogP contribution is -2.19. The SMILES string of the molecule is COc1ccc(NC(=S)Nc2nc(C(F)(F)F)cs2)c(C)c1. The van der Waals surface area contributed by atoms with Crippen LogP contribution in [0.5, 0.6) is 5.75 Å². The molecule has 0 aliphatic heterocycles. The molecular formula is C13H12F3N3OS2.